The summed E-state index contributed by atoms with van der Waals surface area (Å²) < 4.78 is 11.4. The number of rotatable bonds is 11. The van der Waals surface area contributed by atoms with Crippen LogP contribution in [0.1, 0.15) is 30.5 Å². The predicted octanol–water partition coefficient (Wildman–Crippen LogP) is 2.28. The Hall–Kier alpha value is -3.50. The van der Waals surface area contributed by atoms with Crippen molar-refractivity contribution in [2.45, 2.75) is 40.2 Å². The van der Waals surface area contributed by atoms with Crippen LogP contribution < -0.4 is 15.0 Å². The van der Waals surface area contributed by atoms with Crippen molar-refractivity contribution in [2.75, 3.05) is 38.3 Å². The van der Waals surface area contributed by atoms with Crippen molar-refractivity contribution in [3.63, 3.8) is 0 Å². The predicted molar refractivity (Wildman–Crippen MR) is 132 cm³/mol. The van der Waals surface area contributed by atoms with Crippen LogP contribution in [0.5, 0.6) is 5.75 Å². The van der Waals surface area contributed by atoms with E-state index in [0.717, 1.165) is 40.2 Å². The number of carbonyl (C=O) groups is 1. The zero-order valence-electron chi connectivity index (χ0n) is 20.8. The molecule has 0 fully saturated rings. The molecule has 0 bridgehead atoms. The van der Waals surface area contributed by atoms with Gasteiger partial charge in [0.2, 0.25) is 11.7 Å². The highest BCUT2D eigenvalue weighted by Gasteiger charge is 2.17. The number of benzene rings is 1. The lowest BCUT2D eigenvalue weighted by atomic mass is 10.0. The van der Waals surface area contributed by atoms with Gasteiger partial charge < -0.3 is 29.7 Å². The first kappa shape index (κ1) is 26.1. The second kappa shape index (κ2) is 11.8. The number of aliphatic hydroxyl groups excluding tert-OH is 2. The first-order chi connectivity index (χ1) is 16.8. The molecule has 1 aromatic carbocycles. The molecule has 35 heavy (non-hydrogen) atoms. The van der Waals surface area contributed by atoms with Gasteiger partial charge in [0.05, 0.1) is 5.56 Å². The molecule has 10 nitrogen and oxygen atoms in total. The van der Waals surface area contributed by atoms with Crippen LogP contribution in [0.4, 0.5) is 5.82 Å². The lowest BCUT2D eigenvalue weighted by molar-refractivity contribution is -0.124. The van der Waals surface area contributed by atoms with E-state index < -0.39 is 18.6 Å². The highest BCUT2D eigenvalue weighted by molar-refractivity contribution is 5.76. The molecule has 2 aromatic heterocycles. The lowest BCUT2D eigenvalue weighted by Gasteiger charge is -2.17. The third-order valence-corrected chi connectivity index (χ3v) is 5.65. The van der Waals surface area contributed by atoms with Gasteiger partial charge in [-0.05, 0) is 62.1 Å². The summed E-state index contributed by atoms with van der Waals surface area (Å²) in [4.78, 5) is 22.3. The summed E-state index contributed by atoms with van der Waals surface area (Å²) in [7, 11) is 2.00. The van der Waals surface area contributed by atoms with E-state index in [1.54, 1.807) is 6.20 Å². The molecule has 3 rings (SSSR count). The van der Waals surface area contributed by atoms with Gasteiger partial charge in [0.1, 0.15) is 30.9 Å². The Labute approximate surface area is 205 Å². The number of aliphatic hydroxyl groups is 2. The smallest absolute Gasteiger partial charge is 0.259 e. The highest BCUT2D eigenvalue weighted by Crippen LogP contribution is 2.31. The molecule has 2 heterocycles. The summed E-state index contributed by atoms with van der Waals surface area (Å²) in [5.41, 5.74) is 4.37. The van der Waals surface area contributed by atoms with Crippen LogP contribution in [0.15, 0.2) is 28.9 Å². The third kappa shape index (κ3) is 6.34. The minimum atomic E-state index is -0.908. The number of anilines is 1. The number of carbonyl (C=O) groups excluding carboxylic acids is 1. The number of aryl methyl sites for hydroxylation is 3. The van der Waals surface area contributed by atoms with Gasteiger partial charge in [-0.25, -0.2) is 4.98 Å². The van der Waals surface area contributed by atoms with Crippen molar-refractivity contribution < 1.29 is 24.3 Å². The number of pyridine rings is 1. The average Bonchev–Trinajstić information content (AvgIpc) is 3.36. The van der Waals surface area contributed by atoms with Crippen LogP contribution in [-0.4, -0.2) is 70.7 Å². The van der Waals surface area contributed by atoms with E-state index >= 15 is 0 Å². The van der Waals surface area contributed by atoms with Gasteiger partial charge in [0.15, 0.2) is 0 Å². The molecular formula is C25H33N5O5. The number of aromatic nitrogens is 3. The molecular weight excluding hydrogens is 450 g/mol. The maximum Gasteiger partial charge on any atom is 0.259 e. The van der Waals surface area contributed by atoms with Crippen LogP contribution in [-0.2, 0) is 11.2 Å². The molecule has 3 N–H and O–H groups in total. The van der Waals surface area contributed by atoms with Crippen LogP contribution in [0.3, 0.4) is 0 Å². The maximum absolute atomic E-state index is 11.1. The topological polar surface area (TPSA) is 134 Å². The van der Waals surface area contributed by atoms with Gasteiger partial charge in [-0.15, -0.1) is 0 Å². The Bertz CT molecular complexity index is 1160. The van der Waals surface area contributed by atoms with Gasteiger partial charge >= 0.3 is 0 Å². The number of ether oxygens (including phenoxy) is 1. The first-order valence-electron chi connectivity index (χ1n) is 11.6. The molecule has 0 unspecified atom stereocenters. The zero-order chi connectivity index (χ0) is 25.5. The molecule has 1 amide bonds. The quantitative estimate of drug-likeness (QED) is 0.375. The van der Waals surface area contributed by atoms with E-state index in [1.807, 2.05) is 46.0 Å². The Morgan fingerprint density at radius 2 is 1.94 bits per heavy atom. The third-order valence-electron chi connectivity index (χ3n) is 5.65. The molecule has 1 atom stereocenters. The number of hydrogen-bond acceptors (Lipinski definition) is 9. The minimum Gasteiger partial charge on any atom is -0.490 e. The lowest BCUT2D eigenvalue weighted by Crippen LogP contribution is -2.36. The van der Waals surface area contributed by atoms with Crippen LogP contribution in [0.25, 0.3) is 22.8 Å². The maximum atomic E-state index is 11.1. The molecule has 0 radical (unpaired) electrons. The highest BCUT2D eigenvalue weighted by atomic mass is 16.5. The van der Waals surface area contributed by atoms with E-state index in [2.05, 4.69) is 32.3 Å². The Kier molecular flexibility index (Phi) is 8.78. The largest absolute Gasteiger partial charge is 0.490 e. The van der Waals surface area contributed by atoms with Crippen molar-refractivity contribution in [1.29, 1.82) is 0 Å². The summed E-state index contributed by atoms with van der Waals surface area (Å²) in [6, 6.07) is 5.84. The molecule has 0 aliphatic heterocycles. The fourth-order valence-electron chi connectivity index (χ4n) is 3.66. The van der Waals surface area contributed by atoms with Crippen LogP contribution in [0.2, 0.25) is 0 Å². The molecule has 0 spiro atoms. The van der Waals surface area contributed by atoms with Gasteiger partial charge in [-0.3, -0.25) is 4.79 Å². The average molecular weight is 484 g/mol. The Morgan fingerprint density at radius 1 is 1.20 bits per heavy atom. The fraction of sp³-hybridized carbons (Fsp3) is 0.440. The van der Waals surface area contributed by atoms with Crippen LogP contribution >= 0.6 is 0 Å². The summed E-state index contributed by atoms with van der Waals surface area (Å²) in [5, 5.41) is 25.4. The number of nitrogens with zero attached hydrogens (tertiary/aromatic N) is 4. The van der Waals surface area contributed by atoms with Crippen molar-refractivity contribution in [3.8, 4) is 28.6 Å². The van der Waals surface area contributed by atoms with E-state index in [0.29, 0.717) is 23.9 Å². The standard InChI is InChI=1S/C25H33N5O5/c1-6-17-10-18(8-15(3)22(17)34-14-20(32)12-26-21(33)13-31)23-28-25(35-29-23)19-9-16(4)24(27-11-19)30(5)7-2/h8-11,20,31-32H,6-7,12-14H2,1-5H3,(H,26,33)/t20-/m0/s1. The van der Waals surface area contributed by atoms with Crippen molar-refractivity contribution in [1.82, 2.24) is 20.4 Å². The minimum absolute atomic E-state index is 0.000813. The Morgan fingerprint density at radius 3 is 2.60 bits per heavy atom. The van der Waals surface area contributed by atoms with E-state index in [4.69, 9.17) is 14.4 Å². The van der Waals surface area contributed by atoms with E-state index in [-0.39, 0.29) is 13.2 Å². The van der Waals surface area contributed by atoms with Gasteiger partial charge in [-0.1, -0.05) is 12.1 Å². The fourth-order valence-corrected chi connectivity index (χ4v) is 3.66. The molecule has 10 heteroatoms. The number of hydrogen-bond donors (Lipinski definition) is 3. The second-order valence-electron chi connectivity index (χ2n) is 8.36. The van der Waals surface area contributed by atoms with Crippen molar-refractivity contribution in [2.24, 2.45) is 0 Å². The Balaban J connectivity index is 1.77. The SMILES string of the molecule is CCc1cc(-c2noc(-c3cnc(N(C)CC)c(C)c3)n2)cc(C)c1OC[C@@H](O)CNC(=O)CO. The van der Waals surface area contributed by atoms with Gasteiger partial charge in [0.25, 0.3) is 5.89 Å². The zero-order valence-corrected chi connectivity index (χ0v) is 20.8. The molecule has 188 valence electrons. The van der Waals surface area contributed by atoms with Crippen molar-refractivity contribution >= 4 is 11.7 Å². The molecule has 0 saturated carbocycles. The summed E-state index contributed by atoms with van der Waals surface area (Å²) in [5.74, 6) is 1.89. The van der Waals surface area contributed by atoms with Gasteiger partial charge in [-0.2, -0.15) is 4.98 Å². The van der Waals surface area contributed by atoms with E-state index in [1.165, 1.54) is 0 Å². The van der Waals surface area contributed by atoms with Crippen LogP contribution in [0, 0.1) is 13.8 Å². The molecule has 0 aliphatic carbocycles. The monoisotopic (exact) mass is 483 g/mol. The molecule has 0 aliphatic rings. The number of amides is 1. The summed E-state index contributed by atoms with van der Waals surface area (Å²) in [6.07, 6.45) is 1.52. The van der Waals surface area contributed by atoms with Crippen molar-refractivity contribution in [3.05, 3.63) is 41.1 Å². The summed E-state index contributed by atoms with van der Waals surface area (Å²) in [6.45, 7) is 8.22. The first-order valence-corrected chi connectivity index (χ1v) is 11.6. The molecule has 0 saturated heterocycles. The summed E-state index contributed by atoms with van der Waals surface area (Å²) >= 11 is 0. The number of nitrogens with one attached hydrogen (secondary N) is 1. The molecule has 3 aromatic rings. The normalized spacial score (nSPS) is 11.9. The van der Waals surface area contributed by atoms with E-state index in [9.17, 15) is 9.90 Å². The second-order valence-corrected chi connectivity index (χ2v) is 8.36. The van der Waals surface area contributed by atoms with Gasteiger partial charge in [0, 0.05) is 31.9 Å².